The van der Waals surface area contributed by atoms with Gasteiger partial charge in [0.25, 0.3) is 0 Å². The molecule has 0 saturated heterocycles. The maximum atomic E-state index is 4.96. The fraction of sp³-hybridized carbons (Fsp3) is 0.500. The van der Waals surface area contributed by atoms with Gasteiger partial charge in [0.15, 0.2) is 5.76 Å². The van der Waals surface area contributed by atoms with Crippen molar-refractivity contribution < 1.29 is 4.52 Å². The Labute approximate surface area is 64.2 Å². The highest BCUT2D eigenvalue weighted by atomic mass is 32.2. The van der Waals surface area contributed by atoms with Crippen LogP contribution in [0.15, 0.2) is 15.6 Å². The SMILES string of the molecule is CNCc1cc(SC)no1. The molecule has 0 bridgehead atoms. The van der Waals surface area contributed by atoms with Crippen LogP contribution < -0.4 is 5.32 Å². The minimum Gasteiger partial charge on any atom is -0.359 e. The zero-order chi connectivity index (χ0) is 7.40. The number of hydrogen-bond acceptors (Lipinski definition) is 4. The van der Waals surface area contributed by atoms with Crippen molar-refractivity contribution in [3.05, 3.63) is 11.8 Å². The van der Waals surface area contributed by atoms with Gasteiger partial charge in [-0.2, -0.15) is 0 Å². The lowest BCUT2D eigenvalue weighted by Gasteiger charge is -1.87. The number of rotatable bonds is 3. The molecule has 1 rings (SSSR count). The van der Waals surface area contributed by atoms with Crippen LogP contribution >= 0.6 is 11.8 Å². The van der Waals surface area contributed by atoms with Crippen molar-refractivity contribution in [2.24, 2.45) is 0 Å². The molecule has 0 amide bonds. The lowest BCUT2D eigenvalue weighted by atomic mass is 10.5. The van der Waals surface area contributed by atoms with E-state index in [-0.39, 0.29) is 0 Å². The molecule has 56 valence electrons. The second kappa shape index (κ2) is 3.63. The van der Waals surface area contributed by atoms with Gasteiger partial charge in [0, 0.05) is 6.07 Å². The van der Waals surface area contributed by atoms with E-state index in [1.54, 1.807) is 11.8 Å². The van der Waals surface area contributed by atoms with E-state index in [0.717, 1.165) is 17.3 Å². The van der Waals surface area contributed by atoms with Crippen molar-refractivity contribution in [2.75, 3.05) is 13.3 Å². The molecule has 0 unspecified atom stereocenters. The van der Waals surface area contributed by atoms with Crippen LogP contribution in [-0.4, -0.2) is 18.5 Å². The number of nitrogens with zero attached hydrogens (tertiary/aromatic N) is 1. The highest BCUT2D eigenvalue weighted by Gasteiger charge is 1.99. The predicted octanol–water partition coefficient (Wildman–Crippen LogP) is 1.12. The molecule has 0 aliphatic rings. The molecule has 0 aromatic carbocycles. The minimum absolute atomic E-state index is 0.744. The first-order valence-electron chi connectivity index (χ1n) is 3.01. The Balaban J connectivity index is 2.59. The molecule has 4 heteroatoms. The van der Waals surface area contributed by atoms with Gasteiger partial charge in [-0.3, -0.25) is 0 Å². The maximum Gasteiger partial charge on any atom is 0.151 e. The van der Waals surface area contributed by atoms with Crippen molar-refractivity contribution in [1.29, 1.82) is 0 Å². The Hall–Kier alpha value is -0.480. The Kier molecular flexibility index (Phi) is 2.77. The zero-order valence-corrected chi connectivity index (χ0v) is 6.86. The molecule has 0 aliphatic carbocycles. The highest BCUT2D eigenvalue weighted by Crippen LogP contribution is 2.13. The zero-order valence-electron chi connectivity index (χ0n) is 6.05. The molecule has 10 heavy (non-hydrogen) atoms. The van der Waals surface area contributed by atoms with Gasteiger partial charge >= 0.3 is 0 Å². The highest BCUT2D eigenvalue weighted by molar-refractivity contribution is 7.98. The quantitative estimate of drug-likeness (QED) is 0.669. The van der Waals surface area contributed by atoms with Gasteiger partial charge in [-0.1, -0.05) is 5.16 Å². The molecule has 0 radical (unpaired) electrons. The first-order chi connectivity index (χ1) is 4.86. The van der Waals surface area contributed by atoms with Crippen LogP contribution in [0.25, 0.3) is 0 Å². The van der Waals surface area contributed by atoms with Crippen molar-refractivity contribution in [3.8, 4) is 0 Å². The fourth-order valence-electron chi connectivity index (χ4n) is 0.648. The summed E-state index contributed by atoms with van der Waals surface area (Å²) in [5.41, 5.74) is 0. The van der Waals surface area contributed by atoms with E-state index < -0.39 is 0 Å². The van der Waals surface area contributed by atoms with Crippen molar-refractivity contribution in [1.82, 2.24) is 10.5 Å². The van der Waals surface area contributed by atoms with Gasteiger partial charge in [-0.25, -0.2) is 0 Å². The van der Waals surface area contributed by atoms with Crippen LogP contribution in [0, 0.1) is 0 Å². The van der Waals surface area contributed by atoms with E-state index in [9.17, 15) is 0 Å². The summed E-state index contributed by atoms with van der Waals surface area (Å²) in [5.74, 6) is 0.881. The third kappa shape index (κ3) is 1.75. The first kappa shape index (κ1) is 7.63. The fourth-order valence-corrected chi connectivity index (χ4v) is 1.01. The summed E-state index contributed by atoms with van der Waals surface area (Å²) in [5, 5.41) is 7.72. The number of aromatic nitrogens is 1. The summed E-state index contributed by atoms with van der Waals surface area (Å²) < 4.78 is 4.96. The predicted molar refractivity (Wildman–Crippen MR) is 41.0 cm³/mol. The smallest absolute Gasteiger partial charge is 0.151 e. The normalized spacial score (nSPS) is 10.2. The molecule has 1 heterocycles. The third-order valence-electron chi connectivity index (χ3n) is 1.10. The van der Waals surface area contributed by atoms with E-state index in [4.69, 9.17) is 4.52 Å². The molecular formula is C6H10N2OS. The summed E-state index contributed by atoms with van der Waals surface area (Å²) >= 11 is 1.58. The number of hydrogen-bond donors (Lipinski definition) is 1. The van der Waals surface area contributed by atoms with Crippen molar-refractivity contribution in [3.63, 3.8) is 0 Å². The Morgan fingerprint density at radius 3 is 3.10 bits per heavy atom. The topological polar surface area (TPSA) is 38.1 Å². The Morgan fingerprint density at radius 2 is 2.60 bits per heavy atom. The van der Waals surface area contributed by atoms with Crippen LogP contribution in [0.3, 0.4) is 0 Å². The average molecular weight is 158 g/mol. The molecule has 0 saturated carbocycles. The van der Waals surface area contributed by atoms with E-state index in [2.05, 4.69) is 10.5 Å². The maximum absolute atomic E-state index is 4.96. The first-order valence-corrected chi connectivity index (χ1v) is 4.23. The molecule has 1 aromatic heterocycles. The summed E-state index contributed by atoms with van der Waals surface area (Å²) in [6, 6.07) is 1.93. The molecule has 0 atom stereocenters. The molecule has 0 fully saturated rings. The molecule has 1 N–H and O–H groups in total. The van der Waals surface area contributed by atoms with Gasteiger partial charge in [0.2, 0.25) is 0 Å². The number of thioether (sulfide) groups is 1. The van der Waals surface area contributed by atoms with Gasteiger partial charge in [-0.15, -0.1) is 11.8 Å². The van der Waals surface area contributed by atoms with Crippen LogP contribution in [0.4, 0.5) is 0 Å². The molecule has 3 nitrogen and oxygen atoms in total. The minimum atomic E-state index is 0.744. The van der Waals surface area contributed by atoms with E-state index in [1.165, 1.54) is 0 Å². The van der Waals surface area contributed by atoms with Gasteiger partial charge < -0.3 is 9.84 Å². The summed E-state index contributed by atoms with van der Waals surface area (Å²) in [4.78, 5) is 0. The molecule has 0 spiro atoms. The third-order valence-corrected chi connectivity index (χ3v) is 1.71. The average Bonchev–Trinajstić information content (AvgIpc) is 2.37. The van der Waals surface area contributed by atoms with Crippen LogP contribution in [0.2, 0.25) is 0 Å². The van der Waals surface area contributed by atoms with Gasteiger partial charge in [0.05, 0.1) is 6.54 Å². The van der Waals surface area contributed by atoms with Crippen molar-refractivity contribution in [2.45, 2.75) is 11.6 Å². The number of nitrogens with one attached hydrogen (secondary N) is 1. The van der Waals surface area contributed by atoms with Crippen LogP contribution in [-0.2, 0) is 6.54 Å². The van der Waals surface area contributed by atoms with Crippen LogP contribution in [0.5, 0.6) is 0 Å². The molecular weight excluding hydrogens is 148 g/mol. The van der Waals surface area contributed by atoms with Crippen LogP contribution in [0.1, 0.15) is 5.76 Å². The molecule has 0 aliphatic heterocycles. The summed E-state index contributed by atoms with van der Waals surface area (Å²) in [6.07, 6.45) is 1.97. The largest absolute Gasteiger partial charge is 0.359 e. The Morgan fingerprint density at radius 1 is 1.80 bits per heavy atom. The van der Waals surface area contributed by atoms with Crippen molar-refractivity contribution >= 4 is 11.8 Å². The standard InChI is InChI=1S/C6H10N2OS/c1-7-4-5-3-6(10-2)8-9-5/h3,7H,4H2,1-2H3. The van der Waals surface area contributed by atoms with E-state index in [0.29, 0.717) is 0 Å². The Bertz CT molecular complexity index is 199. The van der Waals surface area contributed by atoms with Gasteiger partial charge in [-0.05, 0) is 13.3 Å². The molecule has 1 aromatic rings. The lowest BCUT2D eigenvalue weighted by molar-refractivity contribution is 0.365. The lowest BCUT2D eigenvalue weighted by Crippen LogP contribution is -2.03. The monoisotopic (exact) mass is 158 g/mol. The van der Waals surface area contributed by atoms with E-state index >= 15 is 0 Å². The second-order valence-corrected chi connectivity index (χ2v) is 2.69. The van der Waals surface area contributed by atoms with Gasteiger partial charge in [0.1, 0.15) is 5.03 Å². The summed E-state index contributed by atoms with van der Waals surface area (Å²) in [6.45, 7) is 0.744. The summed E-state index contributed by atoms with van der Waals surface area (Å²) in [7, 11) is 1.88. The second-order valence-electron chi connectivity index (χ2n) is 1.87. The van der Waals surface area contributed by atoms with E-state index in [1.807, 2.05) is 19.4 Å².